The quantitative estimate of drug-likeness (QED) is 0.458. The van der Waals surface area contributed by atoms with Crippen molar-refractivity contribution >= 4 is 6.21 Å². The first-order valence-corrected chi connectivity index (χ1v) is 4.91. The van der Waals surface area contributed by atoms with Gasteiger partial charge in [0.2, 0.25) is 0 Å². The summed E-state index contributed by atoms with van der Waals surface area (Å²) in [4.78, 5) is 0. The van der Waals surface area contributed by atoms with Crippen LogP contribution in [0.25, 0.3) is 0 Å². The SMILES string of the molecule is COc1cc(C(C)(C)C)ccc1C=NN. The number of hydrogen-bond acceptors (Lipinski definition) is 3. The number of ether oxygens (including phenoxy) is 1. The molecule has 0 aliphatic rings. The van der Waals surface area contributed by atoms with Crippen LogP contribution in [-0.4, -0.2) is 13.3 Å². The number of hydrogen-bond donors (Lipinski definition) is 1. The minimum atomic E-state index is 0.117. The average molecular weight is 206 g/mol. The Bertz CT molecular complexity index is 364. The van der Waals surface area contributed by atoms with Crippen molar-refractivity contribution in [3.05, 3.63) is 29.3 Å². The zero-order valence-electron chi connectivity index (χ0n) is 9.74. The molecule has 3 nitrogen and oxygen atoms in total. The van der Waals surface area contributed by atoms with E-state index >= 15 is 0 Å². The van der Waals surface area contributed by atoms with Crippen molar-refractivity contribution in [2.24, 2.45) is 10.9 Å². The molecular weight excluding hydrogens is 188 g/mol. The molecule has 15 heavy (non-hydrogen) atoms. The minimum absolute atomic E-state index is 0.117. The van der Waals surface area contributed by atoms with Gasteiger partial charge in [0.15, 0.2) is 0 Å². The summed E-state index contributed by atoms with van der Waals surface area (Å²) in [6.07, 6.45) is 1.59. The second-order valence-corrected chi connectivity index (χ2v) is 4.48. The molecule has 0 spiro atoms. The van der Waals surface area contributed by atoms with Crippen LogP contribution < -0.4 is 10.6 Å². The van der Waals surface area contributed by atoms with E-state index in [2.05, 4.69) is 31.9 Å². The van der Waals surface area contributed by atoms with Gasteiger partial charge >= 0.3 is 0 Å². The summed E-state index contributed by atoms with van der Waals surface area (Å²) in [5.74, 6) is 5.92. The van der Waals surface area contributed by atoms with E-state index in [1.54, 1.807) is 13.3 Å². The molecule has 0 atom stereocenters. The second-order valence-electron chi connectivity index (χ2n) is 4.48. The summed E-state index contributed by atoms with van der Waals surface area (Å²) in [6, 6.07) is 6.06. The zero-order chi connectivity index (χ0) is 11.5. The summed E-state index contributed by atoms with van der Waals surface area (Å²) in [6.45, 7) is 6.50. The van der Waals surface area contributed by atoms with Gasteiger partial charge in [0, 0.05) is 5.56 Å². The molecule has 0 unspecified atom stereocenters. The number of rotatable bonds is 2. The molecular formula is C12H18N2O. The molecule has 0 amide bonds. The fourth-order valence-corrected chi connectivity index (χ4v) is 1.36. The van der Waals surface area contributed by atoms with Crippen LogP contribution in [-0.2, 0) is 5.41 Å². The molecule has 3 heteroatoms. The molecule has 0 aliphatic heterocycles. The van der Waals surface area contributed by atoms with Crippen LogP contribution >= 0.6 is 0 Å². The van der Waals surface area contributed by atoms with E-state index < -0.39 is 0 Å². The molecule has 1 aromatic rings. The van der Waals surface area contributed by atoms with Crippen LogP contribution in [0.4, 0.5) is 0 Å². The highest BCUT2D eigenvalue weighted by molar-refractivity contribution is 5.83. The van der Waals surface area contributed by atoms with E-state index in [-0.39, 0.29) is 5.41 Å². The Morgan fingerprint density at radius 1 is 1.33 bits per heavy atom. The normalized spacial score (nSPS) is 12.0. The number of nitrogens with two attached hydrogens (primary N) is 1. The van der Waals surface area contributed by atoms with Gasteiger partial charge in [0.25, 0.3) is 0 Å². The third kappa shape index (κ3) is 2.72. The predicted molar refractivity (Wildman–Crippen MR) is 63.5 cm³/mol. The summed E-state index contributed by atoms with van der Waals surface area (Å²) >= 11 is 0. The number of benzene rings is 1. The van der Waals surface area contributed by atoms with Crippen molar-refractivity contribution in [3.63, 3.8) is 0 Å². The molecule has 0 radical (unpaired) electrons. The Morgan fingerprint density at radius 3 is 2.47 bits per heavy atom. The van der Waals surface area contributed by atoms with Gasteiger partial charge < -0.3 is 10.6 Å². The number of hydrazone groups is 1. The van der Waals surface area contributed by atoms with Crippen LogP contribution in [0.15, 0.2) is 23.3 Å². The monoisotopic (exact) mass is 206 g/mol. The van der Waals surface area contributed by atoms with Gasteiger partial charge in [-0.3, -0.25) is 0 Å². The highest BCUT2D eigenvalue weighted by atomic mass is 16.5. The van der Waals surface area contributed by atoms with Gasteiger partial charge in [0.05, 0.1) is 13.3 Å². The van der Waals surface area contributed by atoms with E-state index in [1.807, 2.05) is 12.1 Å². The first-order chi connectivity index (χ1) is 6.99. The summed E-state index contributed by atoms with van der Waals surface area (Å²) in [5.41, 5.74) is 2.24. The fourth-order valence-electron chi connectivity index (χ4n) is 1.36. The lowest BCUT2D eigenvalue weighted by Gasteiger charge is -2.20. The van der Waals surface area contributed by atoms with E-state index in [0.717, 1.165) is 11.3 Å². The van der Waals surface area contributed by atoms with Gasteiger partial charge in [-0.15, -0.1) is 0 Å². The molecule has 2 N–H and O–H groups in total. The Morgan fingerprint density at radius 2 is 2.00 bits per heavy atom. The maximum atomic E-state index is 5.29. The molecule has 1 aromatic carbocycles. The third-order valence-corrected chi connectivity index (χ3v) is 2.31. The molecule has 0 aromatic heterocycles. The standard InChI is InChI=1S/C12H18N2O/c1-12(2,3)10-6-5-9(8-14-13)11(7-10)15-4/h5-8H,13H2,1-4H3. The van der Waals surface area contributed by atoms with Crippen molar-refractivity contribution in [2.75, 3.05) is 7.11 Å². The van der Waals surface area contributed by atoms with Gasteiger partial charge in [-0.1, -0.05) is 26.8 Å². The zero-order valence-corrected chi connectivity index (χ0v) is 9.74. The topological polar surface area (TPSA) is 47.6 Å². The largest absolute Gasteiger partial charge is 0.496 e. The van der Waals surface area contributed by atoms with E-state index in [0.29, 0.717) is 0 Å². The van der Waals surface area contributed by atoms with Gasteiger partial charge in [-0.2, -0.15) is 5.10 Å². The first-order valence-electron chi connectivity index (χ1n) is 4.91. The lowest BCUT2D eigenvalue weighted by molar-refractivity contribution is 0.412. The van der Waals surface area contributed by atoms with E-state index in [9.17, 15) is 0 Å². The average Bonchev–Trinajstić information content (AvgIpc) is 2.17. The fraction of sp³-hybridized carbons (Fsp3) is 0.417. The predicted octanol–water partition coefficient (Wildman–Crippen LogP) is 2.29. The second kappa shape index (κ2) is 4.34. The molecule has 82 valence electrons. The van der Waals surface area contributed by atoms with Gasteiger partial charge in [-0.05, 0) is 23.1 Å². The van der Waals surface area contributed by atoms with E-state index in [4.69, 9.17) is 10.6 Å². The lowest BCUT2D eigenvalue weighted by Crippen LogP contribution is -2.11. The molecule has 0 fully saturated rings. The Hall–Kier alpha value is -1.51. The Balaban J connectivity index is 3.19. The summed E-state index contributed by atoms with van der Waals surface area (Å²) < 4.78 is 5.29. The van der Waals surface area contributed by atoms with Crippen LogP contribution in [0, 0.1) is 0 Å². The van der Waals surface area contributed by atoms with Crippen molar-refractivity contribution in [3.8, 4) is 5.75 Å². The third-order valence-electron chi connectivity index (χ3n) is 2.31. The van der Waals surface area contributed by atoms with Crippen LogP contribution in [0.5, 0.6) is 5.75 Å². The molecule has 0 heterocycles. The van der Waals surface area contributed by atoms with Gasteiger partial charge in [0.1, 0.15) is 5.75 Å². The highest BCUT2D eigenvalue weighted by Gasteiger charge is 2.15. The maximum absolute atomic E-state index is 5.29. The van der Waals surface area contributed by atoms with Crippen molar-refractivity contribution < 1.29 is 4.74 Å². The molecule has 0 saturated heterocycles. The van der Waals surface area contributed by atoms with Crippen molar-refractivity contribution in [1.82, 2.24) is 0 Å². The van der Waals surface area contributed by atoms with Crippen molar-refractivity contribution in [1.29, 1.82) is 0 Å². The molecule has 0 aliphatic carbocycles. The van der Waals surface area contributed by atoms with Gasteiger partial charge in [-0.25, -0.2) is 0 Å². The molecule has 0 bridgehead atoms. The Labute approximate surface area is 90.9 Å². The van der Waals surface area contributed by atoms with Crippen molar-refractivity contribution in [2.45, 2.75) is 26.2 Å². The lowest BCUT2D eigenvalue weighted by atomic mass is 9.86. The Kier molecular flexibility index (Phi) is 3.35. The smallest absolute Gasteiger partial charge is 0.127 e. The molecule has 0 saturated carbocycles. The van der Waals surface area contributed by atoms with E-state index in [1.165, 1.54) is 5.56 Å². The summed E-state index contributed by atoms with van der Waals surface area (Å²) in [5, 5.41) is 3.50. The highest BCUT2D eigenvalue weighted by Crippen LogP contribution is 2.27. The number of nitrogens with zero attached hydrogens (tertiary/aromatic N) is 1. The minimum Gasteiger partial charge on any atom is -0.496 e. The van der Waals surface area contributed by atoms with Crippen LogP contribution in [0.3, 0.4) is 0 Å². The number of methoxy groups -OCH3 is 1. The summed E-state index contributed by atoms with van der Waals surface area (Å²) in [7, 11) is 1.65. The van der Waals surface area contributed by atoms with Crippen LogP contribution in [0.2, 0.25) is 0 Å². The first kappa shape index (κ1) is 11.6. The maximum Gasteiger partial charge on any atom is 0.127 e. The molecule has 1 rings (SSSR count). The van der Waals surface area contributed by atoms with Crippen LogP contribution in [0.1, 0.15) is 31.9 Å².